The Bertz CT molecular complexity index is 1960. The first-order valence-electron chi connectivity index (χ1n) is 12.7. The Kier molecular flexibility index (Phi) is 7.14. The van der Waals surface area contributed by atoms with Gasteiger partial charge in [-0.1, -0.05) is 59.7 Å². The number of halogens is 2. The molecule has 0 saturated heterocycles. The normalized spacial score (nSPS) is 11.9. The lowest BCUT2D eigenvalue weighted by Crippen LogP contribution is -2.23. The predicted octanol–water partition coefficient (Wildman–Crippen LogP) is 6.62. The van der Waals surface area contributed by atoms with Gasteiger partial charge in [-0.05, 0) is 73.5 Å². The number of benzene rings is 3. The molecule has 0 saturated carbocycles. The van der Waals surface area contributed by atoms with Crippen molar-refractivity contribution in [3.05, 3.63) is 109 Å². The first-order chi connectivity index (χ1) is 19.4. The van der Waals surface area contributed by atoms with Gasteiger partial charge in [-0.3, -0.25) is 4.79 Å². The van der Waals surface area contributed by atoms with E-state index in [0.717, 1.165) is 40.2 Å². The van der Waals surface area contributed by atoms with Crippen LogP contribution in [0.2, 0.25) is 10.0 Å². The Hall–Kier alpha value is -3.98. The minimum absolute atomic E-state index is 0.262. The highest BCUT2D eigenvalue weighted by Gasteiger charge is 2.17. The highest BCUT2D eigenvalue weighted by molar-refractivity contribution is 7.15. The Labute approximate surface area is 243 Å². The fraction of sp³-hybridized carbons (Fsp3) is 0.133. The molecule has 0 spiro atoms. The summed E-state index contributed by atoms with van der Waals surface area (Å²) < 4.78 is 9.49. The van der Waals surface area contributed by atoms with Crippen LogP contribution in [0.25, 0.3) is 39.4 Å². The van der Waals surface area contributed by atoms with Gasteiger partial charge in [0.15, 0.2) is 5.82 Å². The Balaban J connectivity index is 1.46. The molecule has 0 unspecified atom stereocenters. The van der Waals surface area contributed by atoms with Gasteiger partial charge in [-0.15, -0.1) is 5.10 Å². The molecule has 0 fully saturated rings. The minimum atomic E-state index is -0.262. The Morgan fingerprint density at radius 1 is 1.02 bits per heavy atom. The van der Waals surface area contributed by atoms with Crippen molar-refractivity contribution >= 4 is 45.6 Å². The quantitative estimate of drug-likeness (QED) is 0.210. The van der Waals surface area contributed by atoms with E-state index < -0.39 is 0 Å². The van der Waals surface area contributed by atoms with Crippen LogP contribution in [0.3, 0.4) is 0 Å². The maximum atomic E-state index is 13.4. The van der Waals surface area contributed by atoms with Crippen LogP contribution in [0.15, 0.2) is 77.7 Å². The third kappa shape index (κ3) is 5.01. The number of ether oxygens (including phenoxy) is 1. The highest BCUT2D eigenvalue weighted by atomic mass is 35.5. The monoisotopic (exact) mass is 587 g/mol. The second kappa shape index (κ2) is 10.9. The molecule has 200 valence electrons. The Morgan fingerprint density at radius 2 is 1.85 bits per heavy atom. The lowest BCUT2D eigenvalue weighted by atomic mass is 10.0. The van der Waals surface area contributed by atoms with Gasteiger partial charge in [0.1, 0.15) is 11.4 Å². The largest absolute Gasteiger partial charge is 0.493 e. The van der Waals surface area contributed by atoms with Gasteiger partial charge in [0.05, 0.1) is 21.8 Å². The van der Waals surface area contributed by atoms with Gasteiger partial charge in [-0.2, -0.15) is 14.6 Å². The molecule has 0 amide bonds. The van der Waals surface area contributed by atoms with Crippen molar-refractivity contribution < 1.29 is 4.74 Å². The summed E-state index contributed by atoms with van der Waals surface area (Å²) in [4.78, 5) is 18.4. The summed E-state index contributed by atoms with van der Waals surface area (Å²) >= 11 is 13.6. The summed E-state index contributed by atoms with van der Waals surface area (Å²) in [6.07, 6.45) is 4.71. The smallest absolute Gasteiger partial charge is 0.291 e. The molecular formula is C30H23Cl2N5O2S. The van der Waals surface area contributed by atoms with E-state index >= 15 is 0 Å². The van der Waals surface area contributed by atoms with Crippen molar-refractivity contribution in [1.82, 2.24) is 24.4 Å². The maximum absolute atomic E-state index is 13.4. The number of aromatic nitrogens is 5. The molecule has 6 aromatic rings. The summed E-state index contributed by atoms with van der Waals surface area (Å²) in [6.45, 7) is 4.76. The molecule has 0 aliphatic heterocycles. The summed E-state index contributed by atoms with van der Waals surface area (Å²) in [5.41, 5.74) is 4.75. The molecule has 3 heterocycles. The van der Waals surface area contributed by atoms with Crippen molar-refractivity contribution in [2.24, 2.45) is 0 Å². The van der Waals surface area contributed by atoms with Gasteiger partial charge >= 0.3 is 0 Å². The number of thiazole rings is 1. The average Bonchev–Trinajstić information content (AvgIpc) is 3.63. The van der Waals surface area contributed by atoms with E-state index in [0.29, 0.717) is 37.5 Å². The molecule has 3 aromatic heterocycles. The molecular weight excluding hydrogens is 565 g/mol. The molecule has 7 nitrogen and oxygen atoms in total. The van der Waals surface area contributed by atoms with Crippen LogP contribution in [-0.4, -0.2) is 31.0 Å². The van der Waals surface area contributed by atoms with Gasteiger partial charge in [-0.25, -0.2) is 4.68 Å². The fourth-order valence-corrected chi connectivity index (χ4v) is 5.75. The van der Waals surface area contributed by atoms with Crippen molar-refractivity contribution in [3.63, 3.8) is 0 Å². The lowest BCUT2D eigenvalue weighted by Gasteiger charge is -2.09. The number of hydrogen-bond donors (Lipinski definition) is 0. The molecule has 0 aliphatic carbocycles. The summed E-state index contributed by atoms with van der Waals surface area (Å²) in [7, 11) is 0. The number of rotatable bonds is 7. The third-order valence-corrected chi connectivity index (χ3v) is 7.82. The van der Waals surface area contributed by atoms with Gasteiger partial charge < -0.3 is 4.74 Å². The van der Waals surface area contributed by atoms with Gasteiger partial charge in [0.25, 0.3) is 5.56 Å². The van der Waals surface area contributed by atoms with Crippen molar-refractivity contribution in [2.75, 3.05) is 6.61 Å². The molecule has 0 radical (unpaired) electrons. The number of para-hydroxylation sites is 1. The van der Waals surface area contributed by atoms with E-state index in [4.69, 9.17) is 33.0 Å². The number of aryl methyl sites for hydroxylation is 1. The Morgan fingerprint density at radius 3 is 2.58 bits per heavy atom. The summed E-state index contributed by atoms with van der Waals surface area (Å²) in [6, 6.07) is 21.0. The SMILES string of the molecule is CCCOc1ccc(-c2nn(-c3ccccc3)cc2/C=c2\sc3nc(-c4ccc(Cl)cc4Cl)nn3c2=O)cc1C. The first-order valence-corrected chi connectivity index (χ1v) is 14.2. The number of nitrogens with zero attached hydrogens (tertiary/aromatic N) is 5. The summed E-state index contributed by atoms with van der Waals surface area (Å²) in [5, 5.41) is 10.3. The average molecular weight is 589 g/mol. The van der Waals surface area contributed by atoms with E-state index in [2.05, 4.69) is 23.1 Å². The molecule has 0 bridgehead atoms. The standard InChI is InChI=1S/C30H23Cl2N5O2S/c1-3-13-39-25-12-9-19(14-18(25)2)27-20(17-36(34-27)22-7-5-4-6-8-22)15-26-29(38)37-30(40-26)33-28(35-37)23-11-10-21(31)16-24(23)32/h4-12,14-17H,3,13H2,1-2H3/b26-15-. The lowest BCUT2D eigenvalue weighted by molar-refractivity contribution is 0.315. The second-order valence-electron chi connectivity index (χ2n) is 9.21. The molecule has 40 heavy (non-hydrogen) atoms. The van der Waals surface area contributed by atoms with Crippen molar-refractivity contribution in [2.45, 2.75) is 20.3 Å². The zero-order valence-corrected chi connectivity index (χ0v) is 24.0. The van der Waals surface area contributed by atoms with E-state index in [-0.39, 0.29) is 5.56 Å². The first kappa shape index (κ1) is 26.3. The topological polar surface area (TPSA) is 74.3 Å². The molecule has 10 heteroatoms. The maximum Gasteiger partial charge on any atom is 0.291 e. The third-order valence-electron chi connectivity index (χ3n) is 6.31. The zero-order chi connectivity index (χ0) is 27.8. The van der Waals surface area contributed by atoms with Gasteiger partial charge in [0.2, 0.25) is 4.96 Å². The fourth-order valence-electron chi connectivity index (χ4n) is 4.36. The molecule has 0 N–H and O–H groups in total. The van der Waals surface area contributed by atoms with Crippen molar-refractivity contribution in [3.8, 4) is 34.1 Å². The minimum Gasteiger partial charge on any atom is -0.493 e. The number of fused-ring (bicyclic) bond motifs is 1. The second-order valence-corrected chi connectivity index (χ2v) is 11.1. The van der Waals surface area contributed by atoms with Crippen molar-refractivity contribution in [1.29, 1.82) is 0 Å². The van der Waals surface area contributed by atoms with Crippen LogP contribution in [0.4, 0.5) is 0 Å². The van der Waals surface area contributed by atoms with E-state index in [9.17, 15) is 4.79 Å². The number of hydrogen-bond acceptors (Lipinski definition) is 6. The van der Waals surface area contributed by atoms with E-state index in [1.807, 2.05) is 66.3 Å². The van der Waals surface area contributed by atoms with Crippen LogP contribution < -0.4 is 14.8 Å². The zero-order valence-electron chi connectivity index (χ0n) is 21.6. The molecule has 0 atom stereocenters. The van der Waals surface area contributed by atoms with Crippen LogP contribution in [0.1, 0.15) is 24.5 Å². The molecule has 3 aromatic carbocycles. The van der Waals surface area contributed by atoms with Crippen LogP contribution >= 0.6 is 34.5 Å². The van der Waals surface area contributed by atoms with Crippen LogP contribution in [0, 0.1) is 6.92 Å². The van der Waals surface area contributed by atoms with E-state index in [1.54, 1.807) is 18.2 Å². The highest BCUT2D eigenvalue weighted by Crippen LogP contribution is 2.30. The predicted molar refractivity (Wildman–Crippen MR) is 161 cm³/mol. The van der Waals surface area contributed by atoms with Gasteiger partial charge in [0, 0.05) is 27.9 Å². The summed E-state index contributed by atoms with van der Waals surface area (Å²) in [5.74, 6) is 1.22. The molecule has 6 rings (SSSR count). The van der Waals surface area contributed by atoms with E-state index in [1.165, 1.54) is 15.9 Å². The van der Waals surface area contributed by atoms with Crippen LogP contribution in [0.5, 0.6) is 5.75 Å². The van der Waals surface area contributed by atoms with Crippen LogP contribution in [-0.2, 0) is 0 Å². The molecule has 0 aliphatic rings.